The Balaban J connectivity index is 1.97. The van der Waals surface area contributed by atoms with Crippen LogP contribution in [0.1, 0.15) is 23.2 Å². The van der Waals surface area contributed by atoms with Crippen LogP contribution in [0.2, 0.25) is 0 Å². The van der Waals surface area contributed by atoms with Crippen LogP contribution in [0.3, 0.4) is 0 Å². The minimum atomic E-state index is -0.656. The standard InChI is InChI=1S/C15H19ClN2O5/c16-3-1-2-13(21)17-4-6-18(7-5-17)15(23)10-8-11(19)14(22)12(20)9-10/h8-9,19-20,22H,1-7H2. The summed E-state index contributed by atoms with van der Waals surface area (Å²) in [5, 5.41) is 28.3. The Morgan fingerprint density at radius 2 is 1.52 bits per heavy atom. The van der Waals surface area contributed by atoms with Crippen molar-refractivity contribution in [3.8, 4) is 17.2 Å². The van der Waals surface area contributed by atoms with Crippen molar-refractivity contribution in [3.05, 3.63) is 17.7 Å². The van der Waals surface area contributed by atoms with E-state index in [9.17, 15) is 24.9 Å². The maximum absolute atomic E-state index is 12.4. The summed E-state index contributed by atoms with van der Waals surface area (Å²) in [4.78, 5) is 27.5. The van der Waals surface area contributed by atoms with Gasteiger partial charge in [-0.25, -0.2) is 0 Å². The highest BCUT2D eigenvalue weighted by Crippen LogP contribution is 2.35. The monoisotopic (exact) mass is 342 g/mol. The number of piperazine rings is 1. The molecule has 23 heavy (non-hydrogen) atoms. The summed E-state index contributed by atoms with van der Waals surface area (Å²) in [7, 11) is 0. The summed E-state index contributed by atoms with van der Waals surface area (Å²) >= 11 is 5.57. The Kier molecular flexibility index (Phi) is 5.54. The molecule has 0 aromatic heterocycles. The van der Waals surface area contributed by atoms with E-state index in [1.54, 1.807) is 4.90 Å². The molecule has 0 atom stereocenters. The molecule has 1 aromatic carbocycles. The molecule has 1 aliphatic rings. The predicted molar refractivity (Wildman–Crippen MR) is 83.9 cm³/mol. The summed E-state index contributed by atoms with van der Waals surface area (Å²) in [5.41, 5.74) is 0.0831. The van der Waals surface area contributed by atoms with Crippen molar-refractivity contribution in [3.63, 3.8) is 0 Å². The van der Waals surface area contributed by atoms with Gasteiger partial charge in [-0.2, -0.15) is 0 Å². The second-order valence-electron chi connectivity index (χ2n) is 5.33. The average molecular weight is 343 g/mol. The Morgan fingerprint density at radius 1 is 1.00 bits per heavy atom. The molecule has 3 N–H and O–H groups in total. The van der Waals surface area contributed by atoms with E-state index in [-0.39, 0.29) is 17.4 Å². The van der Waals surface area contributed by atoms with Crippen molar-refractivity contribution in [2.24, 2.45) is 0 Å². The van der Waals surface area contributed by atoms with Gasteiger partial charge >= 0.3 is 0 Å². The number of aromatic hydroxyl groups is 3. The Bertz CT molecular complexity index is 577. The maximum atomic E-state index is 12.4. The highest BCUT2D eigenvalue weighted by atomic mass is 35.5. The van der Waals surface area contributed by atoms with Crippen molar-refractivity contribution < 1.29 is 24.9 Å². The third-order valence-corrected chi connectivity index (χ3v) is 4.03. The number of phenols is 3. The SMILES string of the molecule is O=C(CCCCl)N1CCN(C(=O)c2cc(O)c(O)c(O)c2)CC1. The van der Waals surface area contributed by atoms with Crippen molar-refractivity contribution in [1.29, 1.82) is 0 Å². The summed E-state index contributed by atoms with van der Waals surface area (Å²) in [5.74, 6) is -1.67. The molecule has 0 aliphatic carbocycles. The highest BCUT2D eigenvalue weighted by molar-refractivity contribution is 6.17. The lowest BCUT2D eigenvalue weighted by atomic mass is 10.1. The molecule has 1 aromatic rings. The number of hydrogen-bond acceptors (Lipinski definition) is 5. The van der Waals surface area contributed by atoms with E-state index in [1.165, 1.54) is 4.90 Å². The van der Waals surface area contributed by atoms with Gasteiger partial charge in [0.05, 0.1) is 0 Å². The predicted octanol–water partition coefficient (Wildman–Crippen LogP) is 1.11. The average Bonchev–Trinajstić information content (AvgIpc) is 2.56. The van der Waals surface area contributed by atoms with Gasteiger partial charge in [0, 0.05) is 44.0 Å². The molecule has 2 amide bonds. The van der Waals surface area contributed by atoms with Crippen LogP contribution in [0.5, 0.6) is 17.2 Å². The molecule has 126 valence electrons. The topological polar surface area (TPSA) is 101 Å². The molecule has 0 unspecified atom stereocenters. The van der Waals surface area contributed by atoms with Crippen LogP contribution in [-0.2, 0) is 4.79 Å². The number of carbonyl (C=O) groups is 2. The Labute approximate surface area is 138 Å². The third kappa shape index (κ3) is 3.98. The van der Waals surface area contributed by atoms with Crippen LogP contribution >= 0.6 is 11.6 Å². The number of nitrogens with zero attached hydrogens (tertiary/aromatic N) is 2. The van der Waals surface area contributed by atoms with Gasteiger partial charge < -0.3 is 25.1 Å². The molecule has 0 spiro atoms. The zero-order valence-corrected chi connectivity index (χ0v) is 13.3. The number of rotatable bonds is 4. The van der Waals surface area contributed by atoms with E-state index in [0.29, 0.717) is 44.9 Å². The van der Waals surface area contributed by atoms with Crippen molar-refractivity contribution in [2.45, 2.75) is 12.8 Å². The second-order valence-corrected chi connectivity index (χ2v) is 5.71. The number of halogens is 1. The molecule has 2 rings (SSSR count). The first kappa shape index (κ1) is 17.2. The minimum Gasteiger partial charge on any atom is -0.504 e. The van der Waals surface area contributed by atoms with Crippen LogP contribution in [0.4, 0.5) is 0 Å². The molecule has 8 heteroatoms. The molecule has 0 radical (unpaired) electrons. The summed E-state index contributed by atoms with van der Waals surface area (Å²) in [6.07, 6.45) is 1.03. The second kappa shape index (κ2) is 7.41. The lowest BCUT2D eigenvalue weighted by Gasteiger charge is -2.35. The Morgan fingerprint density at radius 3 is 2.04 bits per heavy atom. The molecule has 0 saturated carbocycles. The van der Waals surface area contributed by atoms with Gasteiger partial charge in [-0.1, -0.05) is 0 Å². The fraction of sp³-hybridized carbons (Fsp3) is 0.467. The summed E-state index contributed by atoms with van der Waals surface area (Å²) in [6, 6.07) is 2.21. The van der Waals surface area contributed by atoms with E-state index in [1.807, 2.05) is 0 Å². The number of phenolic OH excluding ortho intramolecular Hbond substituents is 3. The zero-order chi connectivity index (χ0) is 17.0. The highest BCUT2D eigenvalue weighted by Gasteiger charge is 2.25. The molecule has 1 heterocycles. The van der Waals surface area contributed by atoms with E-state index >= 15 is 0 Å². The summed E-state index contributed by atoms with van der Waals surface area (Å²) in [6.45, 7) is 1.60. The maximum Gasteiger partial charge on any atom is 0.254 e. The van der Waals surface area contributed by atoms with Gasteiger partial charge in [0.15, 0.2) is 17.2 Å². The van der Waals surface area contributed by atoms with Gasteiger partial charge in [0.25, 0.3) is 5.91 Å². The molecule has 1 saturated heterocycles. The number of benzene rings is 1. The van der Waals surface area contributed by atoms with Crippen LogP contribution in [0.15, 0.2) is 12.1 Å². The smallest absolute Gasteiger partial charge is 0.254 e. The van der Waals surface area contributed by atoms with Gasteiger partial charge in [0.1, 0.15) is 0 Å². The van der Waals surface area contributed by atoms with Gasteiger partial charge in [-0.15, -0.1) is 11.6 Å². The number of amides is 2. The van der Waals surface area contributed by atoms with E-state index in [2.05, 4.69) is 0 Å². The first-order valence-corrected chi connectivity index (χ1v) is 7.85. The number of carbonyl (C=O) groups excluding carboxylic acids is 2. The van der Waals surface area contributed by atoms with Gasteiger partial charge in [-0.05, 0) is 18.6 Å². The fourth-order valence-electron chi connectivity index (χ4n) is 2.45. The van der Waals surface area contributed by atoms with Crippen LogP contribution in [0.25, 0.3) is 0 Å². The van der Waals surface area contributed by atoms with Crippen LogP contribution in [-0.4, -0.2) is 69.0 Å². The lowest BCUT2D eigenvalue weighted by molar-refractivity contribution is -0.132. The first-order chi connectivity index (χ1) is 10.9. The normalized spacial score (nSPS) is 14.8. The van der Waals surface area contributed by atoms with Gasteiger partial charge in [-0.3, -0.25) is 9.59 Å². The molecule has 0 bridgehead atoms. The molecular weight excluding hydrogens is 324 g/mol. The van der Waals surface area contributed by atoms with E-state index in [4.69, 9.17) is 11.6 Å². The minimum absolute atomic E-state index is 0.0256. The molecule has 7 nitrogen and oxygen atoms in total. The van der Waals surface area contributed by atoms with Crippen LogP contribution < -0.4 is 0 Å². The lowest BCUT2D eigenvalue weighted by Crippen LogP contribution is -2.50. The first-order valence-electron chi connectivity index (χ1n) is 7.32. The van der Waals surface area contributed by atoms with E-state index < -0.39 is 17.2 Å². The molecule has 1 fully saturated rings. The molecular formula is C15H19ClN2O5. The van der Waals surface area contributed by atoms with E-state index in [0.717, 1.165) is 12.1 Å². The van der Waals surface area contributed by atoms with Crippen molar-refractivity contribution >= 4 is 23.4 Å². The van der Waals surface area contributed by atoms with Gasteiger partial charge in [0.2, 0.25) is 5.91 Å². The van der Waals surface area contributed by atoms with Crippen molar-refractivity contribution in [2.75, 3.05) is 32.1 Å². The van der Waals surface area contributed by atoms with Crippen molar-refractivity contribution in [1.82, 2.24) is 9.80 Å². The zero-order valence-electron chi connectivity index (χ0n) is 12.5. The quantitative estimate of drug-likeness (QED) is 0.562. The number of hydrogen-bond donors (Lipinski definition) is 3. The number of alkyl halides is 1. The fourth-order valence-corrected chi connectivity index (χ4v) is 2.58. The largest absolute Gasteiger partial charge is 0.504 e. The Hall–Kier alpha value is -2.15. The summed E-state index contributed by atoms with van der Waals surface area (Å²) < 4.78 is 0. The third-order valence-electron chi connectivity index (χ3n) is 3.76. The molecule has 1 aliphatic heterocycles. The van der Waals surface area contributed by atoms with Crippen LogP contribution in [0, 0.1) is 0 Å².